The molecule has 3 rings (SSSR count). The number of aryl methyl sites for hydroxylation is 1. The van der Waals surface area contributed by atoms with E-state index in [9.17, 15) is 24.6 Å². The molecule has 1 aromatic carbocycles. The van der Waals surface area contributed by atoms with Crippen molar-refractivity contribution >= 4 is 17.7 Å². The van der Waals surface area contributed by atoms with E-state index in [1.54, 1.807) is 30.5 Å². The van der Waals surface area contributed by atoms with Gasteiger partial charge in [0.05, 0.1) is 25.0 Å². The lowest BCUT2D eigenvalue weighted by Gasteiger charge is -2.19. The van der Waals surface area contributed by atoms with Crippen molar-refractivity contribution in [2.24, 2.45) is 7.05 Å². The van der Waals surface area contributed by atoms with E-state index in [-0.39, 0.29) is 17.9 Å². The smallest absolute Gasteiger partial charge is 0.319 e. The summed E-state index contributed by atoms with van der Waals surface area (Å²) in [5, 5.41) is 23.9. The van der Waals surface area contributed by atoms with Crippen LogP contribution in [0.5, 0.6) is 5.75 Å². The third-order valence-electron chi connectivity index (χ3n) is 4.31. The number of aliphatic carboxylic acids is 1. The number of aromatic nitrogens is 1. The van der Waals surface area contributed by atoms with E-state index < -0.39 is 23.6 Å². The lowest BCUT2D eigenvalue weighted by Crippen LogP contribution is -2.35. The van der Waals surface area contributed by atoms with E-state index in [0.29, 0.717) is 5.56 Å². The molecule has 2 amide bonds. The maximum Gasteiger partial charge on any atom is 0.319 e. The van der Waals surface area contributed by atoms with Gasteiger partial charge < -0.3 is 29.8 Å². The van der Waals surface area contributed by atoms with Crippen LogP contribution in [0.25, 0.3) is 11.1 Å². The van der Waals surface area contributed by atoms with E-state index in [1.807, 2.05) is 6.07 Å². The standard InChI is InChI=1S/C20H19N3O6/c1-23-7-5-16(24)18(19(23)27)22-20(28)21-15(10-17(25)26)13-4-2-3-12(9-13)14-6-8-29-11-14/h2-9,11,15,24H,10H2,1H3,(H,25,26)(H2,21,22,28)/t15-/m0/s1. The number of aromatic hydroxyl groups is 1. The Bertz CT molecular complexity index is 1090. The number of nitrogens with zero attached hydrogens (tertiary/aromatic N) is 1. The Balaban J connectivity index is 1.84. The maximum atomic E-state index is 12.4. The Morgan fingerprint density at radius 3 is 2.69 bits per heavy atom. The lowest BCUT2D eigenvalue weighted by molar-refractivity contribution is -0.137. The number of carboxylic acids is 1. The number of anilines is 1. The molecule has 2 heterocycles. The summed E-state index contributed by atoms with van der Waals surface area (Å²) in [5.41, 5.74) is 1.27. The third-order valence-corrected chi connectivity index (χ3v) is 4.31. The van der Waals surface area contributed by atoms with Crippen LogP contribution in [0.1, 0.15) is 18.0 Å². The molecule has 0 unspecified atom stereocenters. The number of nitrogens with one attached hydrogen (secondary N) is 2. The van der Waals surface area contributed by atoms with Crippen LogP contribution in [0.4, 0.5) is 10.5 Å². The number of amides is 2. The minimum atomic E-state index is -1.11. The number of hydrogen-bond donors (Lipinski definition) is 4. The fraction of sp³-hybridized carbons (Fsp3) is 0.150. The first kappa shape index (κ1) is 19.7. The van der Waals surface area contributed by atoms with E-state index >= 15 is 0 Å². The van der Waals surface area contributed by atoms with Crippen LogP contribution in [0.2, 0.25) is 0 Å². The molecule has 150 valence electrons. The monoisotopic (exact) mass is 397 g/mol. The molecule has 0 saturated carbocycles. The van der Waals surface area contributed by atoms with Gasteiger partial charge in [-0.2, -0.15) is 0 Å². The zero-order chi connectivity index (χ0) is 21.0. The van der Waals surface area contributed by atoms with Gasteiger partial charge in [0.1, 0.15) is 5.75 Å². The summed E-state index contributed by atoms with van der Waals surface area (Å²) in [6.07, 6.45) is 4.06. The van der Waals surface area contributed by atoms with E-state index in [2.05, 4.69) is 10.6 Å². The number of carbonyl (C=O) groups excluding carboxylic acids is 1. The predicted molar refractivity (Wildman–Crippen MR) is 105 cm³/mol. The molecular formula is C20H19N3O6. The van der Waals surface area contributed by atoms with E-state index in [0.717, 1.165) is 11.1 Å². The molecule has 0 radical (unpaired) electrons. The number of carboxylic acid groups (broad SMARTS) is 1. The third kappa shape index (κ3) is 4.64. The first-order valence-electron chi connectivity index (χ1n) is 8.65. The topological polar surface area (TPSA) is 134 Å². The van der Waals surface area contributed by atoms with Gasteiger partial charge in [-0.25, -0.2) is 4.79 Å². The highest BCUT2D eigenvalue weighted by Gasteiger charge is 2.20. The summed E-state index contributed by atoms with van der Waals surface area (Å²) in [6.45, 7) is 0. The molecule has 0 aliphatic heterocycles. The Morgan fingerprint density at radius 1 is 1.21 bits per heavy atom. The minimum absolute atomic E-state index is 0.297. The van der Waals surface area contributed by atoms with Gasteiger partial charge in [-0.1, -0.05) is 18.2 Å². The fourth-order valence-electron chi connectivity index (χ4n) is 2.84. The van der Waals surface area contributed by atoms with Gasteiger partial charge in [0, 0.05) is 18.8 Å². The predicted octanol–water partition coefficient (Wildman–Crippen LogP) is 2.69. The molecule has 0 saturated heterocycles. The van der Waals surface area contributed by atoms with Gasteiger partial charge in [0.2, 0.25) is 0 Å². The summed E-state index contributed by atoms with van der Waals surface area (Å²) in [5.74, 6) is -1.50. The van der Waals surface area contributed by atoms with Crippen LogP contribution in [0.3, 0.4) is 0 Å². The van der Waals surface area contributed by atoms with Crippen LogP contribution in [-0.2, 0) is 11.8 Å². The minimum Gasteiger partial charge on any atom is -0.505 e. The molecule has 9 heteroatoms. The molecule has 29 heavy (non-hydrogen) atoms. The molecule has 4 N–H and O–H groups in total. The zero-order valence-electron chi connectivity index (χ0n) is 15.5. The van der Waals surface area contributed by atoms with Crippen molar-refractivity contribution in [3.8, 4) is 16.9 Å². The average molecular weight is 397 g/mol. The molecule has 3 aromatic rings. The van der Waals surface area contributed by atoms with Crippen LogP contribution in [0, 0.1) is 0 Å². The molecule has 0 fully saturated rings. The molecular weight excluding hydrogens is 378 g/mol. The van der Waals surface area contributed by atoms with Crippen molar-refractivity contribution in [1.82, 2.24) is 9.88 Å². The number of urea groups is 1. The van der Waals surface area contributed by atoms with Crippen LogP contribution in [0.15, 0.2) is 64.3 Å². The number of carbonyl (C=O) groups is 2. The van der Waals surface area contributed by atoms with Crippen molar-refractivity contribution in [2.45, 2.75) is 12.5 Å². The highest BCUT2D eigenvalue weighted by atomic mass is 16.4. The van der Waals surface area contributed by atoms with Crippen molar-refractivity contribution in [2.75, 3.05) is 5.32 Å². The van der Waals surface area contributed by atoms with Crippen LogP contribution in [-0.4, -0.2) is 26.8 Å². The Morgan fingerprint density at radius 2 is 2.00 bits per heavy atom. The summed E-state index contributed by atoms with van der Waals surface area (Å²) in [4.78, 5) is 35.8. The van der Waals surface area contributed by atoms with Crippen LogP contribution >= 0.6 is 0 Å². The van der Waals surface area contributed by atoms with Gasteiger partial charge in [0.15, 0.2) is 5.69 Å². The van der Waals surface area contributed by atoms with Crippen molar-refractivity contribution in [3.05, 3.63) is 71.0 Å². The number of furan rings is 1. The Hall–Kier alpha value is -4.01. The molecule has 0 aliphatic carbocycles. The number of pyridine rings is 1. The van der Waals surface area contributed by atoms with Gasteiger partial charge in [0.25, 0.3) is 5.56 Å². The highest BCUT2D eigenvalue weighted by molar-refractivity contribution is 5.91. The molecule has 1 atom stereocenters. The first-order valence-corrected chi connectivity index (χ1v) is 8.65. The average Bonchev–Trinajstić information content (AvgIpc) is 3.22. The van der Waals surface area contributed by atoms with Gasteiger partial charge in [-0.05, 0) is 29.3 Å². The molecule has 2 aromatic heterocycles. The van der Waals surface area contributed by atoms with E-state index in [4.69, 9.17) is 4.42 Å². The lowest BCUT2D eigenvalue weighted by atomic mass is 9.99. The van der Waals surface area contributed by atoms with E-state index in [1.165, 1.54) is 30.1 Å². The largest absolute Gasteiger partial charge is 0.505 e. The van der Waals surface area contributed by atoms with Crippen molar-refractivity contribution < 1.29 is 24.2 Å². The second-order valence-electron chi connectivity index (χ2n) is 6.38. The Labute approximate surface area is 165 Å². The molecule has 0 spiro atoms. The molecule has 0 aliphatic rings. The Kier molecular flexibility index (Phi) is 5.68. The summed E-state index contributed by atoms with van der Waals surface area (Å²) < 4.78 is 6.26. The fourth-order valence-corrected chi connectivity index (χ4v) is 2.84. The number of rotatable bonds is 6. The highest BCUT2D eigenvalue weighted by Crippen LogP contribution is 2.25. The maximum absolute atomic E-state index is 12.4. The SMILES string of the molecule is Cn1ccc(O)c(NC(=O)N[C@@H](CC(=O)O)c2cccc(-c3ccoc3)c2)c1=O. The van der Waals surface area contributed by atoms with Gasteiger partial charge in [-0.3, -0.25) is 9.59 Å². The second-order valence-corrected chi connectivity index (χ2v) is 6.38. The zero-order valence-corrected chi connectivity index (χ0v) is 15.5. The van der Waals surface area contributed by atoms with Crippen molar-refractivity contribution in [3.63, 3.8) is 0 Å². The summed E-state index contributed by atoms with van der Waals surface area (Å²) in [7, 11) is 1.47. The van der Waals surface area contributed by atoms with Crippen molar-refractivity contribution in [1.29, 1.82) is 0 Å². The molecule has 9 nitrogen and oxygen atoms in total. The summed E-state index contributed by atoms with van der Waals surface area (Å²) >= 11 is 0. The number of benzene rings is 1. The van der Waals surface area contributed by atoms with Gasteiger partial charge in [-0.15, -0.1) is 0 Å². The molecule has 0 bridgehead atoms. The summed E-state index contributed by atoms with van der Waals surface area (Å²) in [6, 6.07) is 8.36. The van der Waals surface area contributed by atoms with Crippen LogP contribution < -0.4 is 16.2 Å². The van der Waals surface area contributed by atoms with Gasteiger partial charge >= 0.3 is 12.0 Å². The first-order chi connectivity index (χ1) is 13.8. The number of hydrogen-bond acceptors (Lipinski definition) is 5. The second kappa shape index (κ2) is 8.34. The normalized spacial score (nSPS) is 11.6. The quantitative estimate of drug-likeness (QED) is 0.505.